The Labute approximate surface area is 184 Å². The van der Waals surface area contributed by atoms with Crippen LogP contribution in [0.4, 0.5) is 0 Å². The molecule has 2 unspecified atom stereocenters. The minimum absolute atomic E-state index is 0.0324. The summed E-state index contributed by atoms with van der Waals surface area (Å²) < 4.78 is 10.5. The van der Waals surface area contributed by atoms with E-state index in [1.54, 1.807) is 24.3 Å². The van der Waals surface area contributed by atoms with Gasteiger partial charge >= 0.3 is 5.97 Å². The molecule has 0 radical (unpaired) electrons. The van der Waals surface area contributed by atoms with Crippen LogP contribution in [0.1, 0.15) is 22.8 Å². The van der Waals surface area contributed by atoms with Gasteiger partial charge in [0.1, 0.15) is 18.4 Å². The van der Waals surface area contributed by atoms with E-state index in [0.29, 0.717) is 11.3 Å². The van der Waals surface area contributed by atoms with Crippen LogP contribution in [0.25, 0.3) is 0 Å². The lowest BCUT2D eigenvalue weighted by molar-refractivity contribution is -0.169. The van der Waals surface area contributed by atoms with Crippen molar-refractivity contribution in [3.63, 3.8) is 0 Å². The number of nitrogens with one attached hydrogen (secondary N) is 1. The maximum atomic E-state index is 12.8. The predicted octanol–water partition coefficient (Wildman–Crippen LogP) is 0.936. The Morgan fingerprint density at radius 1 is 1.09 bits per heavy atom. The van der Waals surface area contributed by atoms with Gasteiger partial charge in [-0.3, -0.25) is 14.4 Å². The van der Waals surface area contributed by atoms with E-state index < -0.39 is 36.0 Å². The molecular weight excluding hydrogens is 414 g/mol. The molecular formula is C23H23N3O6. The average molecular weight is 437 g/mol. The van der Waals surface area contributed by atoms with Crippen molar-refractivity contribution in [3.8, 4) is 5.75 Å². The Bertz CT molecular complexity index is 1060. The largest absolute Gasteiger partial charge is 0.497 e. The van der Waals surface area contributed by atoms with E-state index in [0.717, 1.165) is 5.56 Å². The molecule has 0 spiro atoms. The normalized spacial score (nSPS) is 21.4. The number of amides is 3. The van der Waals surface area contributed by atoms with Gasteiger partial charge in [0.2, 0.25) is 18.0 Å². The minimum Gasteiger partial charge on any atom is -0.497 e. The number of carbonyl (C=O) groups excluding carboxylic acids is 4. The van der Waals surface area contributed by atoms with Crippen molar-refractivity contribution in [2.45, 2.75) is 31.8 Å². The molecule has 32 heavy (non-hydrogen) atoms. The number of carbonyl (C=O) groups is 4. The zero-order chi connectivity index (χ0) is 22.8. The van der Waals surface area contributed by atoms with Gasteiger partial charge in [0, 0.05) is 19.0 Å². The lowest BCUT2D eigenvalue weighted by atomic mass is 9.96. The van der Waals surface area contributed by atoms with Crippen LogP contribution in [0.2, 0.25) is 0 Å². The Balaban J connectivity index is 1.45. The van der Waals surface area contributed by atoms with Crippen LogP contribution < -0.4 is 10.1 Å². The predicted molar refractivity (Wildman–Crippen MR) is 112 cm³/mol. The van der Waals surface area contributed by atoms with E-state index in [2.05, 4.69) is 5.32 Å². The molecule has 2 saturated heterocycles. The summed E-state index contributed by atoms with van der Waals surface area (Å²) >= 11 is 0. The third kappa shape index (κ3) is 3.89. The highest BCUT2D eigenvalue weighted by molar-refractivity contribution is 6.02. The molecule has 0 aliphatic carbocycles. The van der Waals surface area contributed by atoms with Crippen molar-refractivity contribution in [3.05, 3.63) is 65.7 Å². The fraction of sp³-hybridized carbons (Fsp3) is 0.304. The first-order valence-electron chi connectivity index (χ1n) is 10.2. The third-order valence-corrected chi connectivity index (χ3v) is 5.66. The second-order valence-electron chi connectivity index (χ2n) is 7.63. The summed E-state index contributed by atoms with van der Waals surface area (Å²) in [6.45, 7) is 1.50. The number of esters is 1. The average Bonchev–Trinajstić information content (AvgIpc) is 3.18. The molecule has 2 aliphatic heterocycles. The van der Waals surface area contributed by atoms with E-state index in [4.69, 9.17) is 9.47 Å². The number of β-lactam (4-membered cyclic amide) rings is 1. The zero-order valence-corrected chi connectivity index (χ0v) is 17.7. The number of hydrogen-bond acceptors (Lipinski definition) is 6. The number of benzene rings is 2. The molecule has 4 rings (SSSR count). The second kappa shape index (κ2) is 8.70. The maximum Gasteiger partial charge on any atom is 0.350 e. The standard InChI is InChI=1S/C23H23N3O6/c1-14(27)25-12-18-19(24-20(28)16-9-6-10-17(11-16)31-2)22(29)26(18)21(25)23(30)32-13-15-7-4-3-5-8-15/h3-11,18-19,21H,12-13H2,1-2H3,(H,24,28)/t18?,19-,21?/m1/s1. The van der Waals surface area contributed by atoms with Gasteiger partial charge in [0.25, 0.3) is 5.91 Å². The molecule has 9 nitrogen and oxygen atoms in total. The molecule has 2 aliphatic rings. The van der Waals surface area contributed by atoms with Crippen molar-refractivity contribution in [2.24, 2.45) is 0 Å². The lowest BCUT2D eigenvalue weighted by Crippen LogP contribution is -2.71. The van der Waals surface area contributed by atoms with Gasteiger partial charge in [0.15, 0.2) is 0 Å². The van der Waals surface area contributed by atoms with Crippen LogP contribution in [-0.2, 0) is 25.7 Å². The number of methoxy groups -OCH3 is 1. The van der Waals surface area contributed by atoms with Crippen LogP contribution in [-0.4, -0.2) is 65.4 Å². The van der Waals surface area contributed by atoms with Crippen molar-refractivity contribution in [1.82, 2.24) is 15.1 Å². The highest BCUT2D eigenvalue weighted by Gasteiger charge is 2.60. The zero-order valence-electron chi connectivity index (χ0n) is 17.7. The Morgan fingerprint density at radius 3 is 2.53 bits per heavy atom. The van der Waals surface area contributed by atoms with Gasteiger partial charge in [-0.15, -0.1) is 0 Å². The first kappa shape index (κ1) is 21.4. The Morgan fingerprint density at radius 2 is 1.84 bits per heavy atom. The third-order valence-electron chi connectivity index (χ3n) is 5.66. The molecule has 0 saturated carbocycles. The molecule has 0 aromatic heterocycles. The number of ether oxygens (including phenoxy) is 2. The van der Waals surface area contributed by atoms with Gasteiger partial charge in [-0.25, -0.2) is 4.79 Å². The highest BCUT2D eigenvalue weighted by atomic mass is 16.5. The number of hydrogen-bond donors (Lipinski definition) is 1. The molecule has 2 fully saturated rings. The quantitative estimate of drug-likeness (QED) is 0.533. The lowest BCUT2D eigenvalue weighted by Gasteiger charge is -2.43. The van der Waals surface area contributed by atoms with Crippen LogP contribution >= 0.6 is 0 Å². The Kier molecular flexibility index (Phi) is 5.81. The summed E-state index contributed by atoms with van der Waals surface area (Å²) in [6.07, 6.45) is -1.14. The van der Waals surface area contributed by atoms with Gasteiger partial charge in [-0.05, 0) is 23.8 Å². The monoisotopic (exact) mass is 437 g/mol. The fourth-order valence-electron chi connectivity index (χ4n) is 4.01. The molecule has 1 N–H and O–H groups in total. The van der Waals surface area contributed by atoms with E-state index in [1.165, 1.54) is 23.8 Å². The molecule has 166 valence electrons. The van der Waals surface area contributed by atoms with Gasteiger partial charge in [-0.2, -0.15) is 0 Å². The van der Waals surface area contributed by atoms with Crippen molar-refractivity contribution >= 4 is 23.7 Å². The van der Waals surface area contributed by atoms with Crippen LogP contribution in [0.15, 0.2) is 54.6 Å². The van der Waals surface area contributed by atoms with Gasteiger partial charge < -0.3 is 24.6 Å². The van der Waals surface area contributed by atoms with Crippen molar-refractivity contribution in [2.75, 3.05) is 13.7 Å². The smallest absolute Gasteiger partial charge is 0.350 e. The van der Waals surface area contributed by atoms with Crippen LogP contribution in [0.3, 0.4) is 0 Å². The molecule has 2 heterocycles. The number of rotatable bonds is 6. The molecule has 0 bridgehead atoms. The first-order valence-corrected chi connectivity index (χ1v) is 10.2. The summed E-state index contributed by atoms with van der Waals surface area (Å²) in [5, 5.41) is 2.71. The van der Waals surface area contributed by atoms with Crippen LogP contribution in [0, 0.1) is 0 Å². The number of nitrogens with zero attached hydrogens (tertiary/aromatic N) is 2. The Hall–Kier alpha value is -3.88. The molecule has 2 aromatic carbocycles. The molecule has 3 atom stereocenters. The van der Waals surface area contributed by atoms with E-state index in [9.17, 15) is 19.2 Å². The van der Waals surface area contributed by atoms with E-state index in [1.807, 2.05) is 30.3 Å². The fourth-order valence-corrected chi connectivity index (χ4v) is 4.01. The van der Waals surface area contributed by atoms with E-state index >= 15 is 0 Å². The van der Waals surface area contributed by atoms with Crippen molar-refractivity contribution in [1.29, 1.82) is 0 Å². The SMILES string of the molecule is COc1cccc(C(=O)N[C@H]2C(=O)N3C2CN(C(C)=O)C3C(=O)OCc2ccccc2)c1. The van der Waals surface area contributed by atoms with Crippen LogP contribution in [0.5, 0.6) is 5.75 Å². The summed E-state index contributed by atoms with van der Waals surface area (Å²) in [5.41, 5.74) is 1.14. The molecule has 9 heteroatoms. The summed E-state index contributed by atoms with van der Waals surface area (Å²) in [7, 11) is 1.50. The van der Waals surface area contributed by atoms with E-state index in [-0.39, 0.29) is 19.1 Å². The summed E-state index contributed by atoms with van der Waals surface area (Å²) in [5.74, 6) is -1.39. The van der Waals surface area contributed by atoms with Crippen molar-refractivity contribution < 1.29 is 28.7 Å². The molecule has 3 amide bonds. The topological polar surface area (TPSA) is 105 Å². The number of fused-ring (bicyclic) bond motifs is 1. The molecule has 2 aromatic rings. The first-order chi connectivity index (χ1) is 15.4. The summed E-state index contributed by atoms with van der Waals surface area (Å²) in [6, 6.07) is 14.3. The highest BCUT2D eigenvalue weighted by Crippen LogP contribution is 2.33. The maximum absolute atomic E-state index is 12.8. The van der Waals surface area contributed by atoms with Gasteiger partial charge in [0.05, 0.1) is 13.2 Å². The summed E-state index contributed by atoms with van der Waals surface area (Å²) in [4.78, 5) is 53.0. The minimum atomic E-state index is -1.14. The van der Waals surface area contributed by atoms with Gasteiger partial charge in [-0.1, -0.05) is 36.4 Å². The second-order valence-corrected chi connectivity index (χ2v) is 7.63.